The quantitative estimate of drug-likeness (QED) is 0.748. The van der Waals surface area contributed by atoms with E-state index in [4.69, 9.17) is 0 Å². The van der Waals surface area contributed by atoms with E-state index >= 15 is 0 Å². The summed E-state index contributed by atoms with van der Waals surface area (Å²) in [6, 6.07) is 0. The highest BCUT2D eigenvalue weighted by Gasteiger charge is 2.20. The molecule has 1 saturated heterocycles. The van der Waals surface area contributed by atoms with Crippen LogP contribution in [0.1, 0.15) is 12.8 Å². The number of nitrogens with zero attached hydrogens (tertiary/aromatic N) is 1. The van der Waals surface area contributed by atoms with Gasteiger partial charge in [0.1, 0.15) is 6.17 Å². The lowest BCUT2D eigenvalue weighted by atomic mass is 10.1. The van der Waals surface area contributed by atoms with E-state index in [1.165, 1.54) is 0 Å². The Morgan fingerprint density at radius 3 is 3.00 bits per heavy atom. The zero-order chi connectivity index (χ0) is 8.97. The first kappa shape index (κ1) is 10.4. The molecule has 0 amide bonds. The average Bonchev–Trinajstić information content (AvgIpc) is 2.04. The molecule has 1 aliphatic heterocycles. The molecule has 4 heteroatoms. The molecular formula is C8H15BrFNO. The van der Waals surface area contributed by atoms with Crippen LogP contribution in [0.4, 0.5) is 4.39 Å². The smallest absolute Gasteiger partial charge is 0.113 e. The molecule has 0 bridgehead atoms. The van der Waals surface area contributed by atoms with Gasteiger partial charge < -0.3 is 5.11 Å². The third-order valence-electron chi connectivity index (χ3n) is 2.10. The molecule has 2 unspecified atom stereocenters. The van der Waals surface area contributed by atoms with Crippen LogP contribution in [0.3, 0.4) is 0 Å². The van der Waals surface area contributed by atoms with Crippen molar-refractivity contribution in [2.75, 3.05) is 25.0 Å². The number of aliphatic hydroxyl groups excluding tert-OH is 1. The Labute approximate surface area is 80.9 Å². The standard InChI is InChI=1S/C8H15BrFNO/c9-4-8(12)6-11-3-1-2-7(10)5-11/h7-8,12H,1-6H2. The normalized spacial score (nSPS) is 28.8. The van der Waals surface area contributed by atoms with Crippen LogP contribution < -0.4 is 0 Å². The van der Waals surface area contributed by atoms with Gasteiger partial charge in [-0.25, -0.2) is 4.39 Å². The van der Waals surface area contributed by atoms with Crippen molar-refractivity contribution in [2.45, 2.75) is 25.1 Å². The third kappa shape index (κ3) is 3.37. The summed E-state index contributed by atoms with van der Waals surface area (Å²) in [5.41, 5.74) is 0. The summed E-state index contributed by atoms with van der Waals surface area (Å²) in [6.45, 7) is 2.00. The van der Waals surface area contributed by atoms with E-state index in [2.05, 4.69) is 15.9 Å². The fourth-order valence-corrected chi connectivity index (χ4v) is 1.72. The Hall–Kier alpha value is 0.330. The maximum Gasteiger partial charge on any atom is 0.113 e. The van der Waals surface area contributed by atoms with Gasteiger partial charge in [0, 0.05) is 18.4 Å². The molecule has 0 aromatic carbocycles. The van der Waals surface area contributed by atoms with Crippen molar-refractivity contribution in [3.8, 4) is 0 Å². The highest BCUT2D eigenvalue weighted by atomic mass is 79.9. The van der Waals surface area contributed by atoms with Crippen molar-refractivity contribution in [3.05, 3.63) is 0 Å². The van der Waals surface area contributed by atoms with Crippen LogP contribution in [-0.2, 0) is 0 Å². The molecule has 1 N–H and O–H groups in total. The van der Waals surface area contributed by atoms with Gasteiger partial charge in [-0.15, -0.1) is 0 Å². The van der Waals surface area contributed by atoms with E-state index in [-0.39, 0.29) is 6.10 Å². The molecule has 0 saturated carbocycles. The molecule has 0 spiro atoms. The van der Waals surface area contributed by atoms with E-state index in [0.717, 1.165) is 13.0 Å². The maximum absolute atomic E-state index is 12.9. The molecular weight excluding hydrogens is 225 g/mol. The van der Waals surface area contributed by atoms with Gasteiger partial charge in [-0.2, -0.15) is 0 Å². The van der Waals surface area contributed by atoms with E-state index in [9.17, 15) is 9.50 Å². The summed E-state index contributed by atoms with van der Waals surface area (Å²) in [5.74, 6) is 0. The summed E-state index contributed by atoms with van der Waals surface area (Å²) in [7, 11) is 0. The van der Waals surface area contributed by atoms with Crippen molar-refractivity contribution in [1.29, 1.82) is 0 Å². The Bertz CT molecular complexity index is 136. The molecule has 2 atom stereocenters. The van der Waals surface area contributed by atoms with Crippen molar-refractivity contribution in [1.82, 2.24) is 4.90 Å². The Kier molecular flexibility index (Phi) is 4.46. The second kappa shape index (κ2) is 5.14. The first-order chi connectivity index (χ1) is 5.72. The largest absolute Gasteiger partial charge is 0.391 e. The van der Waals surface area contributed by atoms with Gasteiger partial charge in [-0.1, -0.05) is 15.9 Å². The first-order valence-corrected chi connectivity index (χ1v) is 5.45. The van der Waals surface area contributed by atoms with Crippen LogP contribution in [0.25, 0.3) is 0 Å². The lowest BCUT2D eigenvalue weighted by Gasteiger charge is -2.29. The van der Waals surface area contributed by atoms with Crippen LogP contribution in [0.5, 0.6) is 0 Å². The number of alkyl halides is 2. The number of rotatable bonds is 3. The number of likely N-dealkylation sites (tertiary alicyclic amines) is 1. The second-order valence-electron chi connectivity index (χ2n) is 3.31. The van der Waals surface area contributed by atoms with Crippen molar-refractivity contribution < 1.29 is 9.50 Å². The zero-order valence-corrected chi connectivity index (χ0v) is 8.63. The molecule has 1 fully saturated rings. The summed E-state index contributed by atoms with van der Waals surface area (Å²) in [6.07, 6.45) is 0.536. The van der Waals surface area contributed by atoms with Gasteiger partial charge >= 0.3 is 0 Å². The second-order valence-corrected chi connectivity index (χ2v) is 3.95. The van der Waals surface area contributed by atoms with Gasteiger partial charge in [0.25, 0.3) is 0 Å². The first-order valence-electron chi connectivity index (χ1n) is 4.33. The minimum Gasteiger partial charge on any atom is -0.391 e. The molecule has 0 aromatic heterocycles. The van der Waals surface area contributed by atoms with Crippen molar-refractivity contribution in [2.24, 2.45) is 0 Å². The molecule has 1 aliphatic rings. The topological polar surface area (TPSA) is 23.5 Å². The lowest BCUT2D eigenvalue weighted by Crippen LogP contribution is -2.41. The van der Waals surface area contributed by atoms with Gasteiger partial charge in [0.15, 0.2) is 0 Å². The number of aliphatic hydroxyl groups is 1. The number of hydrogen-bond donors (Lipinski definition) is 1. The summed E-state index contributed by atoms with van der Waals surface area (Å²) in [4.78, 5) is 1.99. The van der Waals surface area contributed by atoms with Crippen molar-refractivity contribution in [3.63, 3.8) is 0 Å². The molecule has 12 heavy (non-hydrogen) atoms. The predicted octanol–water partition coefficient (Wildman–Crippen LogP) is 1.18. The minimum atomic E-state index is -0.693. The van der Waals surface area contributed by atoms with E-state index < -0.39 is 6.17 Å². The highest BCUT2D eigenvalue weighted by molar-refractivity contribution is 9.09. The summed E-state index contributed by atoms with van der Waals surface area (Å²) < 4.78 is 12.9. The SMILES string of the molecule is OC(CBr)CN1CCCC(F)C1. The fourth-order valence-electron chi connectivity index (χ4n) is 1.51. The van der Waals surface area contributed by atoms with E-state index in [0.29, 0.717) is 24.8 Å². The molecule has 1 heterocycles. The van der Waals surface area contributed by atoms with E-state index in [1.807, 2.05) is 4.90 Å². The molecule has 0 aromatic rings. The van der Waals surface area contributed by atoms with Crippen LogP contribution in [0.2, 0.25) is 0 Å². The average molecular weight is 240 g/mol. The Morgan fingerprint density at radius 1 is 1.67 bits per heavy atom. The molecule has 0 radical (unpaired) electrons. The fraction of sp³-hybridized carbons (Fsp3) is 1.00. The summed E-state index contributed by atoms with van der Waals surface area (Å²) in [5, 5.41) is 9.86. The Morgan fingerprint density at radius 2 is 2.42 bits per heavy atom. The number of β-amino-alcohol motifs (C(OH)–C–C–N with tert-alkyl or cyclic N) is 1. The van der Waals surface area contributed by atoms with Gasteiger partial charge in [-0.05, 0) is 19.4 Å². The molecule has 1 rings (SSSR count). The zero-order valence-electron chi connectivity index (χ0n) is 7.05. The van der Waals surface area contributed by atoms with Crippen LogP contribution in [0.15, 0.2) is 0 Å². The van der Waals surface area contributed by atoms with Gasteiger partial charge in [-0.3, -0.25) is 4.90 Å². The highest BCUT2D eigenvalue weighted by Crippen LogP contribution is 2.13. The van der Waals surface area contributed by atoms with Crippen LogP contribution >= 0.6 is 15.9 Å². The summed E-state index contributed by atoms with van der Waals surface area (Å²) >= 11 is 3.19. The van der Waals surface area contributed by atoms with Crippen LogP contribution in [-0.4, -0.2) is 47.2 Å². The molecule has 2 nitrogen and oxygen atoms in total. The monoisotopic (exact) mass is 239 g/mol. The number of hydrogen-bond acceptors (Lipinski definition) is 2. The Balaban J connectivity index is 2.22. The maximum atomic E-state index is 12.9. The van der Waals surface area contributed by atoms with Crippen molar-refractivity contribution >= 4 is 15.9 Å². The van der Waals surface area contributed by atoms with Gasteiger partial charge in [0.2, 0.25) is 0 Å². The lowest BCUT2D eigenvalue weighted by molar-refractivity contribution is 0.0844. The minimum absolute atomic E-state index is 0.365. The third-order valence-corrected chi connectivity index (χ3v) is 2.84. The molecule has 0 aliphatic carbocycles. The van der Waals surface area contributed by atoms with Crippen LogP contribution in [0, 0.1) is 0 Å². The predicted molar refractivity (Wildman–Crippen MR) is 50.4 cm³/mol. The van der Waals surface area contributed by atoms with Gasteiger partial charge in [0.05, 0.1) is 6.10 Å². The number of halogens is 2. The number of piperidine rings is 1. The van der Waals surface area contributed by atoms with E-state index in [1.54, 1.807) is 0 Å². The molecule has 72 valence electrons.